The van der Waals surface area contributed by atoms with Crippen molar-refractivity contribution in [2.45, 2.75) is 0 Å². The van der Waals surface area contributed by atoms with Gasteiger partial charge in [-0.1, -0.05) is 164 Å². The summed E-state index contributed by atoms with van der Waals surface area (Å²) in [4.78, 5) is 15.3. The number of rotatable bonds is 6. The third-order valence-corrected chi connectivity index (χ3v) is 11.8. The van der Waals surface area contributed by atoms with E-state index in [-0.39, 0.29) is 0 Å². The van der Waals surface area contributed by atoms with Crippen LogP contribution >= 0.6 is 11.3 Å². The molecule has 11 aromatic rings. The van der Waals surface area contributed by atoms with Crippen LogP contribution in [0.4, 0.5) is 0 Å². The van der Waals surface area contributed by atoms with Crippen molar-refractivity contribution in [2.75, 3.05) is 0 Å². The van der Waals surface area contributed by atoms with Crippen molar-refractivity contribution >= 4 is 53.3 Å². The summed E-state index contributed by atoms with van der Waals surface area (Å²) in [7, 11) is 0. The van der Waals surface area contributed by atoms with Crippen LogP contribution in [0.25, 0.3) is 104 Å². The number of hydrogen-bond donors (Lipinski definition) is 0. The SMILES string of the molecule is c1ccc(-c2ccc(-c3nc(-c4ccccc4)nc(-c4ccc5c6cccc(-c7ccc8c(c7)sc7ccccc78)c6n(-c6ccccc6)c5c4)n3)cc2)cc1. The molecule has 5 heteroatoms. The van der Waals surface area contributed by atoms with Gasteiger partial charge in [0.05, 0.1) is 11.0 Å². The van der Waals surface area contributed by atoms with Gasteiger partial charge in [0.25, 0.3) is 0 Å². The van der Waals surface area contributed by atoms with Crippen LogP contribution in [-0.2, 0) is 0 Å². The summed E-state index contributed by atoms with van der Waals surface area (Å²) in [6.45, 7) is 0. The molecule has 0 saturated heterocycles. The van der Waals surface area contributed by atoms with Crippen LogP contribution < -0.4 is 0 Å². The molecule has 8 aromatic carbocycles. The first-order valence-corrected chi connectivity index (χ1v) is 19.6. The molecule has 11 rings (SSSR count). The minimum absolute atomic E-state index is 0.628. The molecular formula is C51H32N4S. The van der Waals surface area contributed by atoms with Crippen molar-refractivity contribution in [3.8, 4) is 62.1 Å². The number of para-hydroxylation sites is 2. The number of benzene rings is 8. The fourth-order valence-corrected chi connectivity index (χ4v) is 9.12. The molecule has 3 heterocycles. The number of thiophene rings is 1. The van der Waals surface area contributed by atoms with E-state index in [0.29, 0.717) is 17.5 Å². The molecule has 262 valence electrons. The first-order valence-electron chi connectivity index (χ1n) is 18.8. The first kappa shape index (κ1) is 32.2. The molecular weight excluding hydrogens is 701 g/mol. The van der Waals surface area contributed by atoms with Gasteiger partial charge in [-0.15, -0.1) is 11.3 Å². The predicted octanol–water partition coefficient (Wildman–Crippen LogP) is 13.7. The fourth-order valence-electron chi connectivity index (χ4n) is 7.97. The maximum atomic E-state index is 5.15. The lowest BCUT2D eigenvalue weighted by atomic mass is 10.0. The molecule has 0 aliphatic rings. The van der Waals surface area contributed by atoms with Gasteiger partial charge in [-0.3, -0.25) is 0 Å². The number of aromatic nitrogens is 4. The van der Waals surface area contributed by atoms with E-state index in [1.807, 2.05) is 35.6 Å². The molecule has 0 aliphatic heterocycles. The molecule has 3 aromatic heterocycles. The van der Waals surface area contributed by atoms with E-state index in [2.05, 4.69) is 174 Å². The number of fused-ring (bicyclic) bond motifs is 6. The lowest BCUT2D eigenvalue weighted by Gasteiger charge is -2.12. The minimum atomic E-state index is 0.628. The first-order chi connectivity index (χ1) is 27.7. The quantitative estimate of drug-likeness (QED) is 0.171. The van der Waals surface area contributed by atoms with Crippen molar-refractivity contribution in [2.24, 2.45) is 0 Å². The van der Waals surface area contributed by atoms with Crippen molar-refractivity contribution in [3.05, 3.63) is 194 Å². The van der Waals surface area contributed by atoms with Crippen LogP contribution in [0.15, 0.2) is 194 Å². The lowest BCUT2D eigenvalue weighted by molar-refractivity contribution is 1.07. The highest BCUT2D eigenvalue weighted by molar-refractivity contribution is 7.25. The Kier molecular flexibility index (Phi) is 7.64. The average molecular weight is 733 g/mol. The van der Waals surface area contributed by atoms with E-state index in [1.54, 1.807) is 0 Å². The van der Waals surface area contributed by atoms with Gasteiger partial charge in [0, 0.05) is 58.9 Å². The Morgan fingerprint density at radius 2 is 0.857 bits per heavy atom. The monoisotopic (exact) mass is 732 g/mol. The van der Waals surface area contributed by atoms with Gasteiger partial charge in [-0.25, -0.2) is 15.0 Å². The van der Waals surface area contributed by atoms with Crippen LogP contribution in [0.2, 0.25) is 0 Å². The third kappa shape index (κ3) is 5.48. The smallest absolute Gasteiger partial charge is 0.164 e. The minimum Gasteiger partial charge on any atom is -0.309 e. The maximum Gasteiger partial charge on any atom is 0.164 e. The maximum absolute atomic E-state index is 5.15. The normalized spacial score (nSPS) is 11.6. The summed E-state index contributed by atoms with van der Waals surface area (Å²) in [5.41, 5.74) is 10.9. The van der Waals surface area contributed by atoms with Gasteiger partial charge in [0.2, 0.25) is 0 Å². The second-order valence-corrected chi connectivity index (χ2v) is 15.1. The predicted molar refractivity (Wildman–Crippen MR) is 234 cm³/mol. The van der Waals surface area contributed by atoms with Crippen LogP contribution in [0.1, 0.15) is 0 Å². The van der Waals surface area contributed by atoms with Gasteiger partial charge in [-0.2, -0.15) is 0 Å². The summed E-state index contributed by atoms with van der Waals surface area (Å²) in [6, 6.07) is 68.6. The van der Waals surface area contributed by atoms with Gasteiger partial charge in [0.1, 0.15) is 0 Å². The topological polar surface area (TPSA) is 43.6 Å². The van der Waals surface area contributed by atoms with Crippen LogP contribution in [-0.4, -0.2) is 19.5 Å². The highest BCUT2D eigenvalue weighted by atomic mass is 32.1. The Morgan fingerprint density at radius 1 is 0.339 bits per heavy atom. The Bertz CT molecular complexity index is 3220. The average Bonchev–Trinajstić information content (AvgIpc) is 3.82. The van der Waals surface area contributed by atoms with Crippen molar-refractivity contribution < 1.29 is 0 Å². The summed E-state index contributed by atoms with van der Waals surface area (Å²) < 4.78 is 5.01. The molecule has 4 nitrogen and oxygen atoms in total. The highest BCUT2D eigenvalue weighted by Gasteiger charge is 2.20. The molecule has 0 fully saturated rings. The zero-order valence-corrected chi connectivity index (χ0v) is 31.0. The van der Waals surface area contributed by atoms with Crippen LogP contribution in [0, 0.1) is 0 Å². The zero-order chi connectivity index (χ0) is 37.0. The molecule has 56 heavy (non-hydrogen) atoms. The standard InChI is InChI=1S/C51H32N4S/c1-4-13-33(14-5-1)34-23-25-36(26-24-34)50-52-49(35-15-6-2-7-16-35)53-51(54-50)38-28-29-41-44-21-12-20-40(48(44)55(45(41)31-38)39-17-8-3-9-18-39)37-27-30-43-42-19-10-11-22-46(42)56-47(43)32-37/h1-32H. The molecule has 0 atom stereocenters. The number of nitrogens with zero attached hydrogens (tertiary/aromatic N) is 4. The second kappa shape index (κ2) is 13.3. The lowest BCUT2D eigenvalue weighted by Crippen LogP contribution is -2.00. The van der Waals surface area contributed by atoms with E-state index in [4.69, 9.17) is 15.0 Å². The fraction of sp³-hybridized carbons (Fsp3) is 0. The molecule has 0 N–H and O–H groups in total. The van der Waals surface area contributed by atoms with Gasteiger partial charge in [-0.05, 0) is 47.0 Å². The third-order valence-electron chi connectivity index (χ3n) is 10.7. The Balaban J connectivity index is 1.11. The van der Waals surface area contributed by atoms with Gasteiger partial charge < -0.3 is 4.57 Å². The molecule has 0 unspecified atom stereocenters. The van der Waals surface area contributed by atoms with Crippen LogP contribution in [0.3, 0.4) is 0 Å². The van der Waals surface area contributed by atoms with Crippen molar-refractivity contribution in [1.29, 1.82) is 0 Å². The molecule has 0 spiro atoms. The van der Waals surface area contributed by atoms with Gasteiger partial charge >= 0.3 is 0 Å². The van der Waals surface area contributed by atoms with E-state index in [1.165, 1.54) is 53.2 Å². The Labute approximate surface area is 327 Å². The van der Waals surface area contributed by atoms with E-state index < -0.39 is 0 Å². The molecule has 0 aliphatic carbocycles. The van der Waals surface area contributed by atoms with Crippen molar-refractivity contribution in [3.63, 3.8) is 0 Å². The second-order valence-electron chi connectivity index (χ2n) is 14.0. The Hall–Kier alpha value is -7.21. The van der Waals surface area contributed by atoms with Gasteiger partial charge in [0.15, 0.2) is 17.5 Å². The van der Waals surface area contributed by atoms with E-state index in [0.717, 1.165) is 33.5 Å². The Morgan fingerprint density at radius 3 is 1.61 bits per heavy atom. The van der Waals surface area contributed by atoms with E-state index in [9.17, 15) is 0 Å². The largest absolute Gasteiger partial charge is 0.309 e. The molecule has 0 radical (unpaired) electrons. The number of hydrogen-bond acceptors (Lipinski definition) is 4. The molecule has 0 amide bonds. The highest BCUT2D eigenvalue weighted by Crippen LogP contribution is 2.42. The zero-order valence-electron chi connectivity index (χ0n) is 30.2. The summed E-state index contributed by atoms with van der Waals surface area (Å²) in [5, 5.41) is 4.98. The molecule has 0 bridgehead atoms. The molecule has 0 saturated carbocycles. The summed E-state index contributed by atoms with van der Waals surface area (Å²) in [6.07, 6.45) is 0. The van der Waals surface area contributed by atoms with E-state index >= 15 is 0 Å². The van der Waals surface area contributed by atoms with Crippen molar-refractivity contribution in [1.82, 2.24) is 19.5 Å². The van der Waals surface area contributed by atoms with Crippen LogP contribution in [0.5, 0.6) is 0 Å². The summed E-state index contributed by atoms with van der Waals surface area (Å²) in [5.74, 6) is 1.90. The summed E-state index contributed by atoms with van der Waals surface area (Å²) >= 11 is 1.85.